The van der Waals surface area contributed by atoms with Gasteiger partial charge >= 0.3 is 0 Å². The minimum Gasteiger partial charge on any atom is -0.247 e. The number of benzene rings is 1. The first kappa shape index (κ1) is 11.2. The van der Waals surface area contributed by atoms with Gasteiger partial charge in [-0.3, -0.25) is 0 Å². The zero-order valence-corrected chi connectivity index (χ0v) is 10.6. The Morgan fingerprint density at radius 2 is 1.67 bits per heavy atom. The maximum atomic E-state index is 6.60. The number of nitrogens with zero attached hydrogens (tertiary/aromatic N) is 3. The SMILES string of the molecule is CN1CCN(C)P1(Cl)=Nc1ccccc1. The van der Waals surface area contributed by atoms with Crippen LogP contribution in [-0.2, 0) is 0 Å². The molecule has 1 aliphatic heterocycles. The molecule has 3 nitrogen and oxygen atoms in total. The monoisotopic (exact) mass is 243 g/mol. The van der Waals surface area contributed by atoms with E-state index in [0.29, 0.717) is 0 Å². The van der Waals surface area contributed by atoms with Gasteiger partial charge in [-0.05, 0) is 37.5 Å². The molecule has 0 atom stereocenters. The Hall–Kier alpha value is -0.340. The molecule has 0 unspecified atom stereocenters. The summed E-state index contributed by atoms with van der Waals surface area (Å²) in [5, 5.41) is 0. The first-order valence-electron chi connectivity index (χ1n) is 4.93. The van der Waals surface area contributed by atoms with Crippen molar-refractivity contribution in [2.24, 2.45) is 4.74 Å². The highest BCUT2D eigenvalue weighted by molar-refractivity contribution is 7.87. The van der Waals surface area contributed by atoms with Crippen LogP contribution in [0.3, 0.4) is 0 Å². The third-order valence-electron chi connectivity index (χ3n) is 2.61. The molecule has 0 aliphatic carbocycles. The lowest BCUT2D eigenvalue weighted by atomic mass is 10.3. The molecule has 15 heavy (non-hydrogen) atoms. The second-order valence-corrected chi connectivity index (χ2v) is 7.61. The number of hydrogen-bond acceptors (Lipinski definition) is 1. The van der Waals surface area contributed by atoms with E-state index < -0.39 is 6.71 Å². The summed E-state index contributed by atoms with van der Waals surface area (Å²) in [5.41, 5.74) is 0.960. The summed E-state index contributed by atoms with van der Waals surface area (Å²) in [7, 11) is 4.08. The Morgan fingerprint density at radius 3 is 2.20 bits per heavy atom. The smallest absolute Gasteiger partial charge is 0.191 e. The van der Waals surface area contributed by atoms with Crippen LogP contribution in [0.2, 0.25) is 0 Å². The molecule has 1 fully saturated rings. The number of hydrogen-bond donors (Lipinski definition) is 0. The fraction of sp³-hybridized carbons (Fsp3) is 0.400. The average Bonchev–Trinajstić information content (AvgIpc) is 2.48. The summed E-state index contributed by atoms with van der Waals surface area (Å²) in [6.45, 7) is 0.0202. The van der Waals surface area contributed by atoms with Crippen molar-refractivity contribution in [2.45, 2.75) is 0 Å². The Labute approximate surface area is 95.6 Å². The zero-order valence-electron chi connectivity index (χ0n) is 8.97. The first-order chi connectivity index (χ1) is 7.13. The lowest BCUT2D eigenvalue weighted by molar-refractivity contribution is 0.553. The minimum atomic E-state index is -1.96. The topological polar surface area (TPSA) is 18.8 Å². The highest BCUT2D eigenvalue weighted by Gasteiger charge is 2.33. The molecule has 0 saturated carbocycles. The van der Waals surface area contributed by atoms with E-state index in [1.807, 2.05) is 44.4 Å². The summed E-state index contributed by atoms with van der Waals surface area (Å²) >= 11 is 6.60. The predicted octanol–water partition coefficient (Wildman–Crippen LogP) is 3.38. The standard InChI is InChI=1S/C10H15ClN3P/c1-13-8-9-14(2)15(13,11)12-10-6-4-3-5-7-10/h3-7H,8-9H2,1-2H3. The Bertz CT molecular complexity index is 379. The van der Waals surface area contributed by atoms with Crippen molar-refractivity contribution in [1.82, 2.24) is 9.34 Å². The van der Waals surface area contributed by atoms with Gasteiger partial charge in [0.15, 0.2) is 6.71 Å². The van der Waals surface area contributed by atoms with E-state index in [1.165, 1.54) is 0 Å². The second kappa shape index (κ2) is 4.26. The molecule has 1 aromatic carbocycles. The molecular weight excluding hydrogens is 229 g/mol. The summed E-state index contributed by atoms with van der Waals surface area (Å²) in [5.74, 6) is 0. The van der Waals surface area contributed by atoms with Crippen LogP contribution in [0, 0.1) is 0 Å². The summed E-state index contributed by atoms with van der Waals surface area (Å²) in [6, 6.07) is 9.94. The van der Waals surface area contributed by atoms with Gasteiger partial charge in [-0.2, -0.15) is 0 Å². The van der Waals surface area contributed by atoms with Gasteiger partial charge in [0.05, 0.1) is 5.69 Å². The summed E-state index contributed by atoms with van der Waals surface area (Å²) in [4.78, 5) is 0. The van der Waals surface area contributed by atoms with Crippen molar-refractivity contribution in [3.05, 3.63) is 30.3 Å². The van der Waals surface area contributed by atoms with Crippen molar-refractivity contribution < 1.29 is 0 Å². The zero-order chi connectivity index (χ0) is 10.9. The van der Waals surface area contributed by atoms with Crippen LogP contribution in [0.4, 0.5) is 5.69 Å². The minimum absolute atomic E-state index is 0.960. The number of likely N-dealkylation sites (N-methyl/N-ethyl adjacent to an activating group) is 2. The van der Waals surface area contributed by atoms with Gasteiger partial charge in [-0.1, -0.05) is 18.2 Å². The Kier molecular flexibility index (Phi) is 3.17. The van der Waals surface area contributed by atoms with Crippen LogP contribution in [0.25, 0.3) is 0 Å². The highest BCUT2D eigenvalue weighted by Crippen LogP contribution is 2.64. The molecule has 1 aromatic rings. The molecule has 1 aliphatic rings. The van der Waals surface area contributed by atoms with Gasteiger partial charge in [0.2, 0.25) is 0 Å². The molecule has 0 aromatic heterocycles. The summed E-state index contributed by atoms with van der Waals surface area (Å²) < 4.78 is 8.99. The van der Waals surface area contributed by atoms with Crippen molar-refractivity contribution in [3.8, 4) is 0 Å². The van der Waals surface area contributed by atoms with Gasteiger partial charge in [0.1, 0.15) is 0 Å². The van der Waals surface area contributed by atoms with Gasteiger partial charge in [0, 0.05) is 13.1 Å². The van der Waals surface area contributed by atoms with Gasteiger partial charge in [0.25, 0.3) is 0 Å². The molecule has 5 heteroatoms. The molecule has 0 bridgehead atoms. The highest BCUT2D eigenvalue weighted by atomic mass is 35.7. The Balaban J connectivity index is 2.40. The van der Waals surface area contributed by atoms with Crippen molar-refractivity contribution in [3.63, 3.8) is 0 Å². The van der Waals surface area contributed by atoms with Crippen LogP contribution in [0.15, 0.2) is 35.1 Å². The Morgan fingerprint density at radius 1 is 1.13 bits per heavy atom. The molecule has 0 amide bonds. The predicted molar refractivity (Wildman–Crippen MR) is 66.6 cm³/mol. The van der Waals surface area contributed by atoms with E-state index in [4.69, 9.17) is 11.2 Å². The fourth-order valence-corrected chi connectivity index (χ4v) is 4.26. The molecule has 1 saturated heterocycles. The molecule has 0 radical (unpaired) electrons. The van der Waals surface area contributed by atoms with E-state index in [9.17, 15) is 0 Å². The van der Waals surface area contributed by atoms with Gasteiger partial charge < -0.3 is 0 Å². The van der Waals surface area contributed by atoms with Crippen LogP contribution in [0.1, 0.15) is 0 Å². The quantitative estimate of drug-likeness (QED) is 0.704. The van der Waals surface area contributed by atoms with Gasteiger partial charge in [-0.15, -0.1) is 0 Å². The van der Waals surface area contributed by atoms with Crippen LogP contribution in [0.5, 0.6) is 0 Å². The maximum Gasteiger partial charge on any atom is 0.191 e. The molecule has 82 valence electrons. The normalized spacial score (nSPS) is 21.8. The fourth-order valence-electron chi connectivity index (χ4n) is 1.60. The first-order valence-corrected chi connectivity index (χ1v) is 7.48. The van der Waals surface area contributed by atoms with E-state index >= 15 is 0 Å². The summed E-state index contributed by atoms with van der Waals surface area (Å²) in [6.07, 6.45) is 0. The van der Waals surface area contributed by atoms with Crippen molar-refractivity contribution in [2.75, 3.05) is 27.2 Å². The van der Waals surface area contributed by atoms with Crippen molar-refractivity contribution >= 4 is 23.6 Å². The molecular formula is C10H15ClN3P. The molecule has 2 rings (SSSR count). The van der Waals surface area contributed by atoms with Crippen LogP contribution < -0.4 is 0 Å². The lowest BCUT2D eigenvalue weighted by Crippen LogP contribution is -2.08. The third-order valence-corrected chi connectivity index (χ3v) is 7.01. The van der Waals surface area contributed by atoms with E-state index in [2.05, 4.69) is 14.1 Å². The van der Waals surface area contributed by atoms with Gasteiger partial charge in [-0.25, -0.2) is 14.1 Å². The molecule has 0 N–H and O–H groups in total. The third kappa shape index (κ3) is 2.11. The molecule has 1 heterocycles. The largest absolute Gasteiger partial charge is 0.247 e. The second-order valence-electron chi connectivity index (χ2n) is 3.69. The van der Waals surface area contributed by atoms with E-state index in [1.54, 1.807) is 0 Å². The number of halogens is 1. The van der Waals surface area contributed by atoms with Crippen LogP contribution >= 0.6 is 17.9 Å². The van der Waals surface area contributed by atoms with E-state index in [-0.39, 0.29) is 0 Å². The average molecular weight is 244 g/mol. The lowest BCUT2D eigenvalue weighted by Gasteiger charge is -2.24. The van der Waals surface area contributed by atoms with Crippen LogP contribution in [-0.4, -0.2) is 36.5 Å². The van der Waals surface area contributed by atoms with E-state index in [0.717, 1.165) is 18.8 Å². The van der Waals surface area contributed by atoms with Crippen molar-refractivity contribution in [1.29, 1.82) is 0 Å². The molecule has 0 spiro atoms. The maximum absolute atomic E-state index is 6.60. The number of rotatable bonds is 1.